The first kappa shape index (κ1) is 21.2. The second-order valence-electron chi connectivity index (χ2n) is 7.11. The van der Waals surface area contributed by atoms with Crippen molar-refractivity contribution in [1.82, 2.24) is 4.57 Å². The van der Waals surface area contributed by atoms with E-state index >= 15 is 0 Å². The summed E-state index contributed by atoms with van der Waals surface area (Å²) in [5, 5.41) is 20.0. The van der Waals surface area contributed by atoms with Gasteiger partial charge in [0.15, 0.2) is 11.0 Å². The molecule has 30 heavy (non-hydrogen) atoms. The molecular weight excluding hydrogens is 384 g/mol. The molecule has 0 fully saturated rings. The number of unbranched alkanes of at least 4 members (excludes halogenated alkanes) is 2. The van der Waals surface area contributed by atoms with Crippen molar-refractivity contribution >= 4 is 34.6 Å². The van der Waals surface area contributed by atoms with Gasteiger partial charge in [-0.1, -0.05) is 18.2 Å². The molecule has 0 saturated heterocycles. The van der Waals surface area contributed by atoms with Crippen LogP contribution in [0.15, 0.2) is 53.5 Å². The summed E-state index contributed by atoms with van der Waals surface area (Å²) < 4.78 is 4.12. The molecule has 1 aromatic heterocycles. The third-order valence-corrected chi connectivity index (χ3v) is 5.06. The first-order valence-corrected chi connectivity index (χ1v) is 9.92. The summed E-state index contributed by atoms with van der Waals surface area (Å²) in [5.41, 5.74) is 2.63. The predicted octanol–water partition coefficient (Wildman–Crippen LogP) is 3.96. The van der Waals surface area contributed by atoms with E-state index in [0.717, 1.165) is 35.4 Å². The lowest BCUT2D eigenvalue weighted by atomic mass is 10.2. The first-order chi connectivity index (χ1) is 14.5. The molecule has 8 heteroatoms. The summed E-state index contributed by atoms with van der Waals surface area (Å²) in [4.78, 5) is 26.0. The monoisotopic (exact) mass is 409 g/mol. The second-order valence-corrected chi connectivity index (χ2v) is 7.11. The molecule has 0 aliphatic heterocycles. The third-order valence-electron chi connectivity index (χ3n) is 5.06. The van der Waals surface area contributed by atoms with Crippen LogP contribution in [0.1, 0.15) is 31.5 Å². The fourth-order valence-electron chi connectivity index (χ4n) is 3.55. The lowest BCUT2D eigenvalue weighted by Gasteiger charge is -2.02. The first-order valence-electron chi connectivity index (χ1n) is 9.92. The fraction of sp³-hybridized carbons (Fsp3) is 0.318. The number of aliphatic imine (C=N–C) groups is 1. The molecule has 0 aliphatic rings. The molecule has 0 aliphatic carbocycles. The maximum absolute atomic E-state index is 11.2. The number of benzene rings is 2. The van der Waals surface area contributed by atoms with Gasteiger partial charge in [0, 0.05) is 18.7 Å². The number of aliphatic carboxylic acids is 1. The highest BCUT2D eigenvalue weighted by molar-refractivity contribution is 5.76. The van der Waals surface area contributed by atoms with E-state index in [1.165, 1.54) is 6.07 Å². The number of nitrogens with zero attached hydrogens (tertiary/aromatic N) is 4. The molecule has 1 heterocycles. The van der Waals surface area contributed by atoms with Crippen molar-refractivity contribution in [2.24, 2.45) is 12.0 Å². The molecule has 0 amide bonds. The van der Waals surface area contributed by atoms with E-state index in [2.05, 4.69) is 9.56 Å². The van der Waals surface area contributed by atoms with Gasteiger partial charge in [0.1, 0.15) is 0 Å². The molecule has 0 radical (unpaired) electrons. The molecule has 2 aromatic carbocycles. The van der Waals surface area contributed by atoms with Crippen LogP contribution in [0.5, 0.6) is 0 Å². The van der Waals surface area contributed by atoms with Gasteiger partial charge in [-0.25, -0.2) is 9.13 Å². The van der Waals surface area contributed by atoms with Crippen molar-refractivity contribution in [2.75, 3.05) is 0 Å². The van der Waals surface area contributed by atoms with Crippen LogP contribution in [0.4, 0.5) is 11.4 Å². The van der Waals surface area contributed by atoms with Crippen LogP contribution >= 0.6 is 0 Å². The van der Waals surface area contributed by atoms with Gasteiger partial charge in [-0.05, 0) is 37.5 Å². The Hall–Kier alpha value is -3.55. The van der Waals surface area contributed by atoms with Crippen molar-refractivity contribution in [3.63, 3.8) is 0 Å². The number of fused-ring (bicyclic) bond motifs is 1. The summed E-state index contributed by atoms with van der Waals surface area (Å²) in [7, 11) is 1.90. The molecule has 0 atom stereocenters. The van der Waals surface area contributed by atoms with Crippen LogP contribution in [-0.4, -0.2) is 26.8 Å². The number of aryl methyl sites for hydroxylation is 2. The Labute approximate surface area is 174 Å². The number of para-hydroxylation sites is 1. The summed E-state index contributed by atoms with van der Waals surface area (Å²) in [6.07, 6.45) is 4.86. The van der Waals surface area contributed by atoms with E-state index < -0.39 is 5.97 Å². The summed E-state index contributed by atoms with van der Waals surface area (Å²) in [6.45, 7) is 0.712. The zero-order chi connectivity index (χ0) is 21.5. The van der Waals surface area contributed by atoms with Crippen molar-refractivity contribution in [1.29, 1.82) is 0 Å². The number of hydrogen-bond donors (Lipinski definition) is 1. The van der Waals surface area contributed by atoms with Gasteiger partial charge in [-0.15, -0.1) is 0 Å². The average molecular weight is 409 g/mol. The van der Waals surface area contributed by atoms with E-state index in [4.69, 9.17) is 5.11 Å². The SMILES string of the molecule is Cn1c(CC=Nc2ccccc2)[n+](CCCCCC(=O)O)c2ccc([N+](=O)[O-])cc21. The number of hydrogen-bond acceptors (Lipinski definition) is 4. The smallest absolute Gasteiger partial charge is 0.303 e. The van der Waals surface area contributed by atoms with E-state index in [0.29, 0.717) is 19.4 Å². The van der Waals surface area contributed by atoms with E-state index in [1.54, 1.807) is 12.1 Å². The summed E-state index contributed by atoms with van der Waals surface area (Å²) in [6, 6.07) is 14.5. The molecule has 8 nitrogen and oxygen atoms in total. The van der Waals surface area contributed by atoms with Crippen LogP contribution < -0.4 is 4.57 Å². The Morgan fingerprint density at radius 2 is 1.97 bits per heavy atom. The van der Waals surface area contributed by atoms with Crippen molar-refractivity contribution in [3.05, 3.63) is 64.5 Å². The quantitative estimate of drug-likeness (QED) is 0.180. The van der Waals surface area contributed by atoms with Crippen LogP contribution in [-0.2, 0) is 24.8 Å². The van der Waals surface area contributed by atoms with Crippen LogP contribution in [0.2, 0.25) is 0 Å². The summed E-state index contributed by atoms with van der Waals surface area (Å²) in [5.74, 6) is 0.210. The zero-order valence-corrected chi connectivity index (χ0v) is 16.9. The minimum atomic E-state index is -0.780. The molecule has 3 rings (SSSR count). The standard InChI is InChI=1S/C22H24N4O4/c1-24-20-16-18(26(29)30)11-12-19(20)25(15-7-3-6-10-22(27)28)21(24)13-14-23-17-8-4-2-5-9-17/h2,4-5,8-9,11-12,14,16H,3,6-7,10,13,15H2,1H3/p+1. The average Bonchev–Trinajstić information content (AvgIpc) is 2.99. The molecule has 0 saturated carbocycles. The van der Waals surface area contributed by atoms with Gasteiger partial charge in [-0.2, -0.15) is 0 Å². The number of carbonyl (C=O) groups is 1. The van der Waals surface area contributed by atoms with Gasteiger partial charge >= 0.3 is 5.97 Å². The molecular formula is C22H25N4O4+. The maximum Gasteiger partial charge on any atom is 0.303 e. The highest BCUT2D eigenvalue weighted by Gasteiger charge is 2.24. The highest BCUT2D eigenvalue weighted by Crippen LogP contribution is 2.21. The topological polar surface area (TPSA) is 102 Å². The molecule has 0 unspecified atom stereocenters. The molecule has 1 N–H and O–H groups in total. The minimum Gasteiger partial charge on any atom is -0.481 e. The number of carboxylic acid groups (broad SMARTS) is 1. The Bertz CT molecular complexity index is 1070. The van der Waals surface area contributed by atoms with Gasteiger partial charge in [0.25, 0.3) is 11.5 Å². The number of nitro benzene ring substituents is 1. The van der Waals surface area contributed by atoms with Gasteiger partial charge in [0.05, 0.1) is 36.7 Å². The maximum atomic E-state index is 11.2. The fourth-order valence-corrected chi connectivity index (χ4v) is 3.55. The van der Waals surface area contributed by atoms with E-state index in [9.17, 15) is 14.9 Å². The van der Waals surface area contributed by atoms with E-state index in [1.807, 2.05) is 48.2 Å². The van der Waals surface area contributed by atoms with Gasteiger partial charge in [-0.3, -0.25) is 19.9 Å². The molecule has 0 spiro atoms. The lowest BCUT2D eigenvalue weighted by Crippen LogP contribution is -2.38. The van der Waals surface area contributed by atoms with Crippen LogP contribution in [0, 0.1) is 10.1 Å². The number of imidazole rings is 1. The Morgan fingerprint density at radius 3 is 2.67 bits per heavy atom. The van der Waals surface area contributed by atoms with Crippen LogP contribution in [0.3, 0.4) is 0 Å². The number of carboxylic acids is 1. The Kier molecular flexibility index (Phi) is 6.90. The number of rotatable bonds is 10. The zero-order valence-electron chi connectivity index (χ0n) is 16.9. The van der Waals surface area contributed by atoms with Gasteiger partial charge < -0.3 is 5.11 Å². The minimum absolute atomic E-state index is 0.0567. The Balaban J connectivity index is 1.87. The summed E-state index contributed by atoms with van der Waals surface area (Å²) >= 11 is 0. The molecule has 0 bridgehead atoms. The number of aromatic nitrogens is 2. The van der Waals surface area contributed by atoms with Crippen molar-refractivity contribution in [2.45, 2.75) is 38.6 Å². The third kappa shape index (κ3) is 5.08. The Morgan fingerprint density at radius 1 is 1.20 bits per heavy atom. The van der Waals surface area contributed by atoms with Crippen molar-refractivity contribution in [3.8, 4) is 0 Å². The van der Waals surface area contributed by atoms with Crippen LogP contribution in [0.25, 0.3) is 11.0 Å². The molecule has 156 valence electrons. The predicted molar refractivity (Wildman–Crippen MR) is 114 cm³/mol. The van der Waals surface area contributed by atoms with E-state index in [-0.39, 0.29) is 17.0 Å². The second kappa shape index (κ2) is 9.78. The number of nitro groups is 1. The largest absolute Gasteiger partial charge is 0.481 e. The highest BCUT2D eigenvalue weighted by atomic mass is 16.6. The normalized spacial score (nSPS) is 11.4. The molecule has 3 aromatic rings. The van der Waals surface area contributed by atoms with Crippen molar-refractivity contribution < 1.29 is 19.4 Å². The van der Waals surface area contributed by atoms with Gasteiger partial charge in [0.2, 0.25) is 0 Å². The lowest BCUT2D eigenvalue weighted by molar-refractivity contribution is -0.679. The number of non-ortho nitro benzene ring substituents is 1.